The first-order chi connectivity index (χ1) is 9.84. The molecule has 0 heterocycles. The zero-order valence-electron chi connectivity index (χ0n) is 19.1. The molecule has 0 spiro atoms. The van der Waals surface area contributed by atoms with Crippen LogP contribution < -0.4 is 0 Å². The maximum Gasteiger partial charge on any atom is -0.0500 e. The van der Waals surface area contributed by atoms with Gasteiger partial charge in [0.15, 0.2) is 0 Å². The molecule has 0 atom stereocenters. The molecule has 142 valence electrons. The first-order valence-corrected chi connectivity index (χ1v) is 9.84. The summed E-state index contributed by atoms with van der Waals surface area (Å²) in [5.41, 5.74) is 0. The summed E-state index contributed by atoms with van der Waals surface area (Å²) in [6.07, 6.45) is 5.54. The molecule has 0 aliphatic heterocycles. The second-order valence-corrected chi connectivity index (χ2v) is 8.64. The number of unbranched alkanes of at least 4 members (excludes halogenated alkanes) is 3. The third-order valence-electron chi connectivity index (χ3n) is 0.957. The minimum absolute atomic E-state index is 0.833. The zero-order chi connectivity index (χ0) is 19.1. The molecule has 0 bridgehead atoms. The van der Waals surface area contributed by atoms with Gasteiger partial charge in [0.1, 0.15) is 0 Å². The standard InChI is InChI=1S/C6H14.4C4H10/c1-3-5-6-4-2;4*1-4(2)3/h3-6H2,1-2H3;4*4H,1-3H3. The maximum absolute atomic E-state index is 2.23. The normalized spacial score (nSPS) is 9.00. The summed E-state index contributed by atoms with van der Waals surface area (Å²) >= 11 is 0. The van der Waals surface area contributed by atoms with E-state index in [1.807, 2.05) is 0 Å². The highest BCUT2D eigenvalue weighted by Crippen LogP contribution is 1.95. The van der Waals surface area contributed by atoms with Gasteiger partial charge in [0, 0.05) is 0 Å². The average Bonchev–Trinajstić information content (AvgIpc) is 2.23. The number of rotatable bonds is 3. The van der Waals surface area contributed by atoms with Crippen LogP contribution in [-0.4, -0.2) is 0 Å². The Balaban J connectivity index is -0.0000000555. The van der Waals surface area contributed by atoms with Crippen molar-refractivity contribution in [3.05, 3.63) is 0 Å². The topological polar surface area (TPSA) is 0 Å². The van der Waals surface area contributed by atoms with E-state index in [1.165, 1.54) is 25.7 Å². The lowest BCUT2D eigenvalue weighted by Crippen LogP contribution is -1.66. The molecular weight excluding hydrogens is 264 g/mol. The fourth-order valence-corrected chi connectivity index (χ4v) is 0.500. The van der Waals surface area contributed by atoms with Crippen molar-refractivity contribution in [2.45, 2.75) is 123 Å². The van der Waals surface area contributed by atoms with E-state index in [0.29, 0.717) is 0 Å². The van der Waals surface area contributed by atoms with Crippen LogP contribution in [0, 0.1) is 23.7 Å². The highest BCUT2D eigenvalue weighted by Gasteiger charge is 1.75. The van der Waals surface area contributed by atoms with Gasteiger partial charge in [-0.05, 0) is 23.7 Å². The van der Waals surface area contributed by atoms with Crippen LogP contribution in [0.5, 0.6) is 0 Å². The molecule has 0 radical (unpaired) electrons. The van der Waals surface area contributed by atoms with Crippen molar-refractivity contribution in [2.75, 3.05) is 0 Å². The quantitative estimate of drug-likeness (QED) is 0.455. The van der Waals surface area contributed by atoms with E-state index in [9.17, 15) is 0 Å². The van der Waals surface area contributed by atoms with Crippen LogP contribution in [-0.2, 0) is 0 Å². The van der Waals surface area contributed by atoms with Crippen molar-refractivity contribution < 1.29 is 0 Å². The van der Waals surface area contributed by atoms with Crippen LogP contribution in [0.3, 0.4) is 0 Å². The molecule has 0 amide bonds. The largest absolute Gasteiger partial charge is 0.0654 e. The molecule has 0 N–H and O–H groups in total. The van der Waals surface area contributed by atoms with Crippen LogP contribution in [0.15, 0.2) is 0 Å². The van der Waals surface area contributed by atoms with Gasteiger partial charge in [0.2, 0.25) is 0 Å². The lowest BCUT2D eigenvalue weighted by Gasteiger charge is -1.86. The van der Waals surface area contributed by atoms with Gasteiger partial charge in [0.25, 0.3) is 0 Å². The summed E-state index contributed by atoms with van der Waals surface area (Å²) in [6.45, 7) is 30.5. The summed E-state index contributed by atoms with van der Waals surface area (Å²) in [5.74, 6) is 3.33. The Kier molecular flexibility index (Phi) is 50.1. The second-order valence-electron chi connectivity index (χ2n) is 8.64. The smallest absolute Gasteiger partial charge is 0.0500 e. The number of hydrogen-bond acceptors (Lipinski definition) is 0. The van der Waals surface area contributed by atoms with Crippen LogP contribution in [0.25, 0.3) is 0 Å². The molecule has 0 unspecified atom stereocenters. The van der Waals surface area contributed by atoms with E-state index in [-0.39, 0.29) is 0 Å². The van der Waals surface area contributed by atoms with Crippen LogP contribution >= 0.6 is 0 Å². The molecule has 0 aliphatic carbocycles. The molecule has 0 rings (SSSR count). The molecular formula is C22H54. The predicted octanol–water partition coefficient (Wildman–Crippen LogP) is 9.24. The molecule has 0 saturated carbocycles. The Bertz CT molecular complexity index is 81.0. The van der Waals surface area contributed by atoms with E-state index >= 15 is 0 Å². The molecule has 0 aliphatic rings. The van der Waals surface area contributed by atoms with Gasteiger partial charge in [-0.3, -0.25) is 0 Å². The third kappa shape index (κ3) is 802. The minimum atomic E-state index is 0.833. The summed E-state index contributed by atoms with van der Waals surface area (Å²) in [4.78, 5) is 0. The summed E-state index contributed by atoms with van der Waals surface area (Å²) in [7, 11) is 0. The third-order valence-corrected chi connectivity index (χ3v) is 0.957. The van der Waals surface area contributed by atoms with Crippen molar-refractivity contribution in [1.29, 1.82) is 0 Å². The van der Waals surface area contributed by atoms with E-state index in [4.69, 9.17) is 0 Å². The summed E-state index contributed by atoms with van der Waals surface area (Å²) < 4.78 is 0. The Morgan fingerprint density at radius 1 is 0.364 bits per heavy atom. The lowest BCUT2D eigenvalue weighted by atomic mass is 10.2. The molecule has 0 aromatic carbocycles. The highest BCUT2D eigenvalue weighted by atomic mass is 13.8. The molecule has 0 heteroatoms. The zero-order valence-corrected chi connectivity index (χ0v) is 19.1. The van der Waals surface area contributed by atoms with Crippen molar-refractivity contribution in [2.24, 2.45) is 23.7 Å². The van der Waals surface area contributed by atoms with Crippen molar-refractivity contribution in [3.63, 3.8) is 0 Å². The molecule has 22 heavy (non-hydrogen) atoms. The van der Waals surface area contributed by atoms with Gasteiger partial charge < -0.3 is 0 Å². The van der Waals surface area contributed by atoms with Crippen molar-refractivity contribution >= 4 is 0 Å². The Hall–Kier alpha value is 0. The second kappa shape index (κ2) is 32.8. The van der Waals surface area contributed by atoms with Crippen molar-refractivity contribution in [1.82, 2.24) is 0 Å². The molecule has 0 aromatic rings. The molecule has 0 aromatic heterocycles. The van der Waals surface area contributed by atoms with Crippen LogP contribution in [0.1, 0.15) is 123 Å². The fourth-order valence-electron chi connectivity index (χ4n) is 0.500. The Labute approximate surface area is 146 Å². The SMILES string of the molecule is CC(C)C.CC(C)C.CC(C)C.CC(C)C.CCCCCC. The fraction of sp³-hybridized carbons (Fsp3) is 1.00. The lowest BCUT2D eigenvalue weighted by molar-refractivity contribution is 0.702. The monoisotopic (exact) mass is 318 g/mol. The van der Waals surface area contributed by atoms with E-state index in [2.05, 4.69) is 96.9 Å². The molecule has 0 fully saturated rings. The minimum Gasteiger partial charge on any atom is -0.0654 e. The predicted molar refractivity (Wildman–Crippen MR) is 112 cm³/mol. The molecule has 0 saturated heterocycles. The molecule has 0 nitrogen and oxygen atoms in total. The highest BCUT2D eigenvalue weighted by molar-refractivity contribution is 4.31. The van der Waals surface area contributed by atoms with Crippen LogP contribution in [0.2, 0.25) is 0 Å². The van der Waals surface area contributed by atoms with Gasteiger partial charge in [0.05, 0.1) is 0 Å². The van der Waals surface area contributed by atoms with Crippen LogP contribution in [0.4, 0.5) is 0 Å². The van der Waals surface area contributed by atoms with Gasteiger partial charge >= 0.3 is 0 Å². The van der Waals surface area contributed by atoms with Gasteiger partial charge in [-0.1, -0.05) is 123 Å². The number of hydrogen-bond donors (Lipinski definition) is 0. The van der Waals surface area contributed by atoms with E-state index < -0.39 is 0 Å². The maximum atomic E-state index is 2.23. The Morgan fingerprint density at radius 2 is 0.455 bits per heavy atom. The average molecular weight is 319 g/mol. The van der Waals surface area contributed by atoms with Crippen molar-refractivity contribution in [3.8, 4) is 0 Å². The van der Waals surface area contributed by atoms with E-state index in [0.717, 1.165) is 23.7 Å². The first-order valence-electron chi connectivity index (χ1n) is 9.84. The Morgan fingerprint density at radius 3 is 0.500 bits per heavy atom. The van der Waals surface area contributed by atoms with E-state index in [1.54, 1.807) is 0 Å². The van der Waals surface area contributed by atoms with Gasteiger partial charge in [-0.15, -0.1) is 0 Å². The summed E-state index contributed by atoms with van der Waals surface area (Å²) in [6, 6.07) is 0. The van der Waals surface area contributed by atoms with Gasteiger partial charge in [-0.25, -0.2) is 0 Å². The summed E-state index contributed by atoms with van der Waals surface area (Å²) in [5, 5.41) is 0. The first kappa shape index (κ1) is 33.6. The van der Waals surface area contributed by atoms with Gasteiger partial charge in [-0.2, -0.15) is 0 Å².